The van der Waals surface area contributed by atoms with Gasteiger partial charge >= 0.3 is 0 Å². The van der Waals surface area contributed by atoms with E-state index in [0.29, 0.717) is 31.3 Å². The second-order valence-electron chi connectivity index (χ2n) is 6.15. The van der Waals surface area contributed by atoms with Gasteiger partial charge in [0.15, 0.2) is 0 Å². The highest BCUT2D eigenvalue weighted by Gasteiger charge is 2.14. The third kappa shape index (κ3) is 6.76. The summed E-state index contributed by atoms with van der Waals surface area (Å²) in [6.45, 7) is 7.94. The average molecular weight is 290 g/mol. The van der Waals surface area contributed by atoms with E-state index in [1.165, 1.54) is 11.1 Å². The zero-order valence-electron chi connectivity index (χ0n) is 13.7. The number of nitrogens with one attached hydrogen (secondary N) is 1. The highest BCUT2D eigenvalue weighted by Crippen LogP contribution is 2.20. The highest BCUT2D eigenvalue weighted by atomic mass is 16.1. The molecule has 3 N–H and O–H groups in total. The fourth-order valence-electron chi connectivity index (χ4n) is 2.66. The third-order valence-electron chi connectivity index (χ3n) is 4.20. The van der Waals surface area contributed by atoms with Gasteiger partial charge in [-0.25, -0.2) is 0 Å². The fraction of sp³-hybridized carbons (Fsp3) is 0.611. The van der Waals surface area contributed by atoms with Crippen LogP contribution in [0.2, 0.25) is 0 Å². The molecule has 1 aromatic rings. The Hall–Kier alpha value is -1.35. The van der Waals surface area contributed by atoms with Gasteiger partial charge in [-0.1, -0.05) is 38.1 Å². The third-order valence-corrected chi connectivity index (χ3v) is 4.20. The Morgan fingerprint density at radius 3 is 2.57 bits per heavy atom. The summed E-state index contributed by atoms with van der Waals surface area (Å²) in [6, 6.07) is 8.32. The summed E-state index contributed by atoms with van der Waals surface area (Å²) in [5, 5.41) is 3.02. The number of amides is 1. The molecule has 1 rings (SSSR count). The van der Waals surface area contributed by atoms with Crippen molar-refractivity contribution in [3.8, 4) is 0 Å². The molecule has 1 amide bonds. The lowest BCUT2D eigenvalue weighted by atomic mass is 9.88. The maximum atomic E-state index is 11.9. The van der Waals surface area contributed by atoms with E-state index in [4.69, 9.17) is 5.73 Å². The number of benzene rings is 1. The quantitative estimate of drug-likeness (QED) is 0.734. The van der Waals surface area contributed by atoms with Crippen LogP contribution >= 0.6 is 0 Å². The van der Waals surface area contributed by atoms with Crippen LogP contribution in [-0.4, -0.2) is 19.0 Å². The molecule has 0 aromatic heterocycles. The number of aryl methyl sites for hydroxylation is 1. The van der Waals surface area contributed by atoms with Crippen LogP contribution < -0.4 is 11.1 Å². The van der Waals surface area contributed by atoms with Gasteiger partial charge in [0, 0.05) is 13.0 Å². The molecule has 1 unspecified atom stereocenters. The van der Waals surface area contributed by atoms with Crippen LogP contribution in [-0.2, 0) is 11.2 Å². The van der Waals surface area contributed by atoms with Crippen molar-refractivity contribution >= 4 is 5.91 Å². The summed E-state index contributed by atoms with van der Waals surface area (Å²) in [6.07, 6.45) is 3.45. The molecule has 0 aliphatic rings. The van der Waals surface area contributed by atoms with Crippen molar-refractivity contribution in [2.24, 2.45) is 17.6 Å². The maximum absolute atomic E-state index is 11.9. The molecule has 0 radical (unpaired) electrons. The lowest BCUT2D eigenvalue weighted by Gasteiger charge is -2.19. The minimum atomic E-state index is 0.159. The van der Waals surface area contributed by atoms with Crippen molar-refractivity contribution in [1.82, 2.24) is 5.32 Å². The molecule has 0 aliphatic heterocycles. The van der Waals surface area contributed by atoms with E-state index in [1.54, 1.807) is 0 Å². The van der Waals surface area contributed by atoms with Crippen molar-refractivity contribution in [2.75, 3.05) is 13.1 Å². The van der Waals surface area contributed by atoms with Crippen LogP contribution in [0.3, 0.4) is 0 Å². The second kappa shape index (κ2) is 9.56. The van der Waals surface area contributed by atoms with Crippen molar-refractivity contribution in [1.29, 1.82) is 0 Å². The lowest BCUT2D eigenvalue weighted by molar-refractivity contribution is -0.121. The van der Waals surface area contributed by atoms with E-state index < -0.39 is 0 Å². The molecule has 1 aromatic carbocycles. The fourth-order valence-corrected chi connectivity index (χ4v) is 2.66. The minimum Gasteiger partial charge on any atom is -0.356 e. The summed E-state index contributed by atoms with van der Waals surface area (Å²) in [5.74, 6) is 1.30. The molecule has 0 aliphatic carbocycles. The van der Waals surface area contributed by atoms with Gasteiger partial charge in [-0.15, -0.1) is 0 Å². The maximum Gasteiger partial charge on any atom is 0.220 e. The molecule has 0 fully saturated rings. The van der Waals surface area contributed by atoms with E-state index in [2.05, 4.69) is 38.2 Å². The number of carbonyl (C=O) groups excluding carboxylic acids is 1. The van der Waals surface area contributed by atoms with E-state index in [-0.39, 0.29) is 5.91 Å². The number of carbonyl (C=O) groups is 1. The normalized spacial score (nSPS) is 12.4. The number of rotatable bonds is 9. The van der Waals surface area contributed by atoms with Crippen molar-refractivity contribution < 1.29 is 4.79 Å². The van der Waals surface area contributed by atoms with Crippen molar-refractivity contribution in [2.45, 2.75) is 46.5 Å². The molecule has 0 heterocycles. The molecule has 0 saturated carbocycles. The minimum absolute atomic E-state index is 0.159. The van der Waals surface area contributed by atoms with Gasteiger partial charge in [0.05, 0.1) is 0 Å². The highest BCUT2D eigenvalue weighted by molar-refractivity contribution is 5.75. The summed E-state index contributed by atoms with van der Waals surface area (Å²) in [7, 11) is 0. The van der Waals surface area contributed by atoms with Crippen LogP contribution in [0.5, 0.6) is 0 Å². The van der Waals surface area contributed by atoms with Gasteiger partial charge in [0.25, 0.3) is 0 Å². The Kier molecular flexibility index (Phi) is 8.06. The number of hydrogen-bond donors (Lipinski definition) is 2. The second-order valence-corrected chi connectivity index (χ2v) is 6.15. The SMILES string of the molecule is Cc1ccccc1CCNC(=O)CCC(CCN)C(C)C. The van der Waals surface area contributed by atoms with Gasteiger partial charge in [-0.05, 0) is 55.7 Å². The molecule has 118 valence electrons. The van der Waals surface area contributed by atoms with Crippen LogP contribution in [0.4, 0.5) is 0 Å². The smallest absolute Gasteiger partial charge is 0.220 e. The first-order valence-corrected chi connectivity index (χ1v) is 8.05. The summed E-state index contributed by atoms with van der Waals surface area (Å²) in [4.78, 5) is 11.9. The first-order chi connectivity index (χ1) is 10.0. The number of nitrogens with two attached hydrogens (primary N) is 1. The molecule has 0 spiro atoms. The monoisotopic (exact) mass is 290 g/mol. The molecule has 3 nitrogen and oxygen atoms in total. The van der Waals surface area contributed by atoms with E-state index in [9.17, 15) is 4.79 Å². The van der Waals surface area contributed by atoms with Gasteiger partial charge in [-0.2, -0.15) is 0 Å². The molecule has 0 saturated heterocycles. The molecular weight excluding hydrogens is 260 g/mol. The first-order valence-electron chi connectivity index (χ1n) is 8.05. The largest absolute Gasteiger partial charge is 0.356 e. The van der Waals surface area contributed by atoms with Gasteiger partial charge in [0.2, 0.25) is 5.91 Å². The van der Waals surface area contributed by atoms with Crippen molar-refractivity contribution in [3.05, 3.63) is 35.4 Å². The Bertz CT molecular complexity index is 429. The van der Waals surface area contributed by atoms with Gasteiger partial charge in [-0.3, -0.25) is 4.79 Å². The standard InChI is InChI=1S/C18H30N2O/c1-14(2)16(10-12-19)8-9-18(21)20-13-11-17-7-5-4-6-15(17)3/h4-7,14,16H,8-13,19H2,1-3H3,(H,20,21). The summed E-state index contributed by atoms with van der Waals surface area (Å²) >= 11 is 0. The van der Waals surface area contributed by atoms with Crippen LogP contribution in [0.15, 0.2) is 24.3 Å². The summed E-state index contributed by atoms with van der Waals surface area (Å²) < 4.78 is 0. The Labute approximate surface area is 129 Å². The van der Waals surface area contributed by atoms with E-state index >= 15 is 0 Å². The Morgan fingerprint density at radius 2 is 1.95 bits per heavy atom. The predicted octanol–water partition coefficient (Wildman–Crippen LogP) is 3.05. The topological polar surface area (TPSA) is 55.1 Å². The lowest BCUT2D eigenvalue weighted by Crippen LogP contribution is -2.27. The first kappa shape index (κ1) is 17.7. The van der Waals surface area contributed by atoms with Crippen LogP contribution in [0.1, 0.15) is 44.2 Å². The Balaban J connectivity index is 2.26. The number of hydrogen-bond acceptors (Lipinski definition) is 2. The van der Waals surface area contributed by atoms with Crippen LogP contribution in [0.25, 0.3) is 0 Å². The van der Waals surface area contributed by atoms with E-state index in [0.717, 1.165) is 19.3 Å². The predicted molar refractivity (Wildman–Crippen MR) is 89.1 cm³/mol. The van der Waals surface area contributed by atoms with Crippen LogP contribution in [0, 0.1) is 18.8 Å². The molecule has 21 heavy (non-hydrogen) atoms. The molecular formula is C18H30N2O. The summed E-state index contributed by atoms with van der Waals surface area (Å²) in [5.41, 5.74) is 8.22. The van der Waals surface area contributed by atoms with Gasteiger partial charge in [0.1, 0.15) is 0 Å². The zero-order chi connectivity index (χ0) is 15.7. The van der Waals surface area contributed by atoms with Crippen molar-refractivity contribution in [3.63, 3.8) is 0 Å². The zero-order valence-corrected chi connectivity index (χ0v) is 13.7. The van der Waals surface area contributed by atoms with E-state index in [1.807, 2.05) is 12.1 Å². The molecule has 1 atom stereocenters. The Morgan fingerprint density at radius 1 is 1.24 bits per heavy atom. The molecule has 3 heteroatoms. The average Bonchev–Trinajstić information content (AvgIpc) is 2.45. The molecule has 0 bridgehead atoms. The van der Waals surface area contributed by atoms with Gasteiger partial charge < -0.3 is 11.1 Å².